The fourth-order valence-corrected chi connectivity index (χ4v) is 7.75. The van der Waals surface area contributed by atoms with Gasteiger partial charge in [0.1, 0.15) is 21.9 Å². The lowest BCUT2D eigenvalue weighted by Crippen LogP contribution is -2.48. The molecule has 1 aromatic carbocycles. The summed E-state index contributed by atoms with van der Waals surface area (Å²) in [4.78, 5) is 19.5. The Labute approximate surface area is 249 Å². The Kier molecular flexibility index (Phi) is 7.12. The molecule has 3 aromatic heterocycles. The van der Waals surface area contributed by atoms with Crippen LogP contribution in [0.25, 0.3) is 20.8 Å². The lowest BCUT2D eigenvalue weighted by Gasteiger charge is -2.36. The standard InChI is InChI=1S/C32H38N6O3S/c1-17-25(30-37-27-23(42-30)10-11-33-26(27)20-8-9-20)29(36-24-14-22(16-39)28(40)32(24,2)41)38-31(35-17)34-15-18-12-21(13-18)19-6-4-3-5-7-19/h3-7,10-11,18,20-22,24,28,39-41H,8-9,12-16H2,1-2H3,(H2,34,35,36,38)/t18?,21?,22-,24-,28-,32+/m1/s1. The van der Waals surface area contributed by atoms with Gasteiger partial charge in [-0.05, 0) is 69.4 Å². The number of nitrogens with one attached hydrogen (secondary N) is 2. The minimum absolute atomic E-state index is 0.196. The molecule has 0 aliphatic heterocycles. The molecule has 3 aliphatic carbocycles. The van der Waals surface area contributed by atoms with Crippen molar-refractivity contribution in [2.75, 3.05) is 23.8 Å². The highest BCUT2D eigenvalue weighted by Gasteiger charge is 2.50. The first-order chi connectivity index (χ1) is 20.3. The number of hydrogen-bond acceptors (Lipinski definition) is 10. The number of thiazole rings is 1. The highest BCUT2D eigenvalue weighted by Crippen LogP contribution is 2.45. The second-order valence-corrected chi connectivity index (χ2v) is 13.6. The maximum Gasteiger partial charge on any atom is 0.224 e. The summed E-state index contributed by atoms with van der Waals surface area (Å²) in [7, 11) is 0. The summed E-state index contributed by atoms with van der Waals surface area (Å²) in [6.45, 7) is 4.17. The molecule has 4 aromatic rings. The van der Waals surface area contributed by atoms with Gasteiger partial charge in [0.05, 0.1) is 33.8 Å². The third-order valence-corrected chi connectivity index (χ3v) is 10.5. The third-order valence-electron chi connectivity index (χ3n) is 9.49. The Balaban J connectivity index is 1.18. The summed E-state index contributed by atoms with van der Waals surface area (Å²) >= 11 is 1.59. The molecular formula is C32H38N6O3S. The van der Waals surface area contributed by atoms with Crippen molar-refractivity contribution in [3.8, 4) is 10.6 Å². The molecule has 0 unspecified atom stereocenters. The fraction of sp³-hybridized carbons (Fsp3) is 0.500. The number of aromatic nitrogens is 4. The van der Waals surface area contributed by atoms with Gasteiger partial charge in [0, 0.05) is 31.2 Å². The number of aryl methyl sites for hydroxylation is 1. The van der Waals surface area contributed by atoms with Crippen LogP contribution >= 0.6 is 11.3 Å². The van der Waals surface area contributed by atoms with Gasteiger partial charge >= 0.3 is 0 Å². The van der Waals surface area contributed by atoms with E-state index in [1.165, 1.54) is 5.56 Å². The number of fused-ring (bicyclic) bond motifs is 1. The number of anilines is 2. The monoisotopic (exact) mass is 586 g/mol. The first-order valence-electron chi connectivity index (χ1n) is 15.0. The molecule has 0 saturated heterocycles. The van der Waals surface area contributed by atoms with Crippen molar-refractivity contribution in [2.24, 2.45) is 11.8 Å². The van der Waals surface area contributed by atoms with Gasteiger partial charge in [-0.1, -0.05) is 30.3 Å². The molecule has 3 aliphatic rings. The molecule has 0 bridgehead atoms. The summed E-state index contributed by atoms with van der Waals surface area (Å²) in [6.07, 6.45) is 5.78. The van der Waals surface area contributed by atoms with E-state index in [-0.39, 0.29) is 6.61 Å². The molecule has 220 valence electrons. The molecule has 42 heavy (non-hydrogen) atoms. The van der Waals surface area contributed by atoms with Crippen molar-refractivity contribution < 1.29 is 15.3 Å². The van der Waals surface area contributed by atoms with E-state index < -0.39 is 23.7 Å². The summed E-state index contributed by atoms with van der Waals surface area (Å²) in [6, 6.07) is 12.2. The van der Waals surface area contributed by atoms with Crippen molar-refractivity contribution in [2.45, 2.75) is 75.5 Å². The van der Waals surface area contributed by atoms with Gasteiger partial charge in [0.2, 0.25) is 5.95 Å². The van der Waals surface area contributed by atoms with E-state index in [1.807, 2.05) is 19.2 Å². The van der Waals surface area contributed by atoms with Crippen molar-refractivity contribution in [1.29, 1.82) is 0 Å². The topological polar surface area (TPSA) is 136 Å². The maximum atomic E-state index is 11.2. The minimum Gasteiger partial charge on any atom is -0.396 e. The van der Waals surface area contributed by atoms with Crippen LogP contribution in [-0.2, 0) is 0 Å². The highest BCUT2D eigenvalue weighted by atomic mass is 32.1. The zero-order valence-corrected chi connectivity index (χ0v) is 24.8. The number of hydrogen-bond donors (Lipinski definition) is 5. The molecule has 0 spiro atoms. The Hall–Kier alpha value is -3.18. The van der Waals surface area contributed by atoms with Gasteiger partial charge in [0.25, 0.3) is 0 Å². The van der Waals surface area contributed by atoms with Gasteiger partial charge in [-0.15, -0.1) is 11.3 Å². The van der Waals surface area contributed by atoms with Crippen LogP contribution in [0.5, 0.6) is 0 Å². The first kappa shape index (κ1) is 27.6. The molecule has 3 saturated carbocycles. The minimum atomic E-state index is -1.44. The number of benzene rings is 1. The van der Waals surface area contributed by atoms with Crippen LogP contribution in [0, 0.1) is 18.8 Å². The van der Waals surface area contributed by atoms with Crippen LogP contribution in [0.2, 0.25) is 0 Å². The predicted molar refractivity (Wildman–Crippen MR) is 165 cm³/mol. The molecule has 9 nitrogen and oxygen atoms in total. The zero-order chi connectivity index (χ0) is 29.0. The largest absolute Gasteiger partial charge is 0.396 e. The number of aliphatic hydroxyl groups excluding tert-OH is 2. The van der Waals surface area contributed by atoms with Crippen LogP contribution in [0.3, 0.4) is 0 Å². The highest BCUT2D eigenvalue weighted by molar-refractivity contribution is 7.21. The Bertz CT molecular complexity index is 1580. The molecular weight excluding hydrogens is 548 g/mol. The van der Waals surface area contributed by atoms with Gasteiger partial charge in [-0.3, -0.25) is 4.98 Å². The Morgan fingerprint density at radius 2 is 1.81 bits per heavy atom. The van der Waals surface area contributed by atoms with Crippen molar-refractivity contribution in [3.05, 3.63) is 59.5 Å². The molecule has 0 radical (unpaired) electrons. The van der Waals surface area contributed by atoms with Crippen LogP contribution < -0.4 is 10.6 Å². The normalized spacial score (nSPS) is 29.0. The third kappa shape index (κ3) is 5.04. The number of nitrogens with zero attached hydrogens (tertiary/aromatic N) is 4. The average Bonchev–Trinajstić information content (AvgIpc) is 3.67. The predicted octanol–water partition coefficient (Wildman–Crippen LogP) is 4.84. The van der Waals surface area contributed by atoms with Gasteiger partial charge < -0.3 is 26.0 Å². The van der Waals surface area contributed by atoms with Crippen LogP contribution in [0.4, 0.5) is 11.8 Å². The number of rotatable bonds is 9. The van der Waals surface area contributed by atoms with E-state index in [0.29, 0.717) is 35.9 Å². The molecule has 7 rings (SSSR count). The van der Waals surface area contributed by atoms with Crippen molar-refractivity contribution in [3.63, 3.8) is 0 Å². The molecule has 3 heterocycles. The van der Waals surface area contributed by atoms with Gasteiger partial charge in [-0.25, -0.2) is 9.97 Å². The summed E-state index contributed by atoms with van der Waals surface area (Å²) in [5.74, 6) is 2.29. The molecule has 3 fully saturated rings. The van der Waals surface area contributed by atoms with Gasteiger partial charge in [0.15, 0.2) is 0 Å². The van der Waals surface area contributed by atoms with E-state index in [0.717, 1.165) is 64.4 Å². The lowest BCUT2D eigenvalue weighted by atomic mass is 9.71. The summed E-state index contributed by atoms with van der Waals surface area (Å²) in [5, 5.41) is 39.5. The zero-order valence-electron chi connectivity index (χ0n) is 24.0. The second kappa shape index (κ2) is 10.8. The van der Waals surface area contributed by atoms with Crippen LogP contribution in [0.15, 0.2) is 42.6 Å². The van der Waals surface area contributed by atoms with Crippen molar-refractivity contribution in [1.82, 2.24) is 19.9 Å². The maximum absolute atomic E-state index is 11.2. The van der Waals surface area contributed by atoms with Gasteiger partial charge in [-0.2, -0.15) is 4.98 Å². The second-order valence-electron chi connectivity index (χ2n) is 12.6. The van der Waals surface area contributed by atoms with Crippen LogP contribution in [0.1, 0.15) is 67.8 Å². The SMILES string of the molecule is Cc1nc(NCC2CC(c3ccccc3)C2)nc(N[C@@H]2C[C@H](CO)[C@@H](O)[C@@]2(C)O)c1-c1nc2c(C3CC3)nccc2s1. The fourth-order valence-electron chi connectivity index (χ4n) is 6.68. The van der Waals surface area contributed by atoms with Crippen LogP contribution in [-0.4, -0.2) is 66.2 Å². The first-order valence-corrected chi connectivity index (χ1v) is 15.8. The summed E-state index contributed by atoms with van der Waals surface area (Å²) < 4.78 is 1.08. The number of pyridine rings is 1. The Morgan fingerprint density at radius 1 is 1.02 bits per heavy atom. The molecule has 5 N–H and O–H groups in total. The van der Waals surface area contributed by atoms with E-state index in [1.54, 1.807) is 18.3 Å². The van der Waals surface area contributed by atoms with E-state index >= 15 is 0 Å². The molecule has 0 amide bonds. The molecule has 10 heteroatoms. The van der Waals surface area contributed by atoms with E-state index in [2.05, 4.69) is 45.9 Å². The molecule has 4 atom stereocenters. The number of aliphatic hydroxyl groups is 3. The smallest absolute Gasteiger partial charge is 0.224 e. The lowest BCUT2D eigenvalue weighted by molar-refractivity contribution is -0.0647. The summed E-state index contributed by atoms with van der Waals surface area (Å²) in [5.41, 5.74) is 3.53. The average molecular weight is 587 g/mol. The Morgan fingerprint density at radius 3 is 2.52 bits per heavy atom. The van der Waals surface area contributed by atoms with E-state index in [4.69, 9.17) is 15.0 Å². The quantitative estimate of drug-likeness (QED) is 0.187. The van der Waals surface area contributed by atoms with Crippen molar-refractivity contribution >= 4 is 33.3 Å². The van der Waals surface area contributed by atoms with E-state index in [9.17, 15) is 15.3 Å².